The van der Waals surface area contributed by atoms with Crippen molar-refractivity contribution in [3.63, 3.8) is 0 Å². The summed E-state index contributed by atoms with van der Waals surface area (Å²) in [6, 6.07) is 13.3. The lowest BCUT2D eigenvalue weighted by Gasteiger charge is -2.13. The van der Waals surface area contributed by atoms with Crippen LogP contribution in [-0.2, 0) is 6.42 Å². The predicted molar refractivity (Wildman–Crippen MR) is 73.2 cm³/mol. The molecule has 0 heterocycles. The lowest BCUT2D eigenvalue weighted by Crippen LogP contribution is -1.94. The maximum Gasteiger partial charge on any atom is 0.0398 e. The van der Waals surface area contributed by atoms with Crippen LogP contribution in [0.1, 0.15) is 35.2 Å². The van der Waals surface area contributed by atoms with Crippen LogP contribution in [0.4, 0.5) is 0 Å². The highest BCUT2D eigenvalue weighted by molar-refractivity contribution is 9.09. The molecule has 16 heavy (non-hydrogen) atoms. The molecule has 1 atom stereocenters. The van der Waals surface area contributed by atoms with Crippen molar-refractivity contribution in [2.45, 2.75) is 30.5 Å². The summed E-state index contributed by atoms with van der Waals surface area (Å²) in [5, 5.41) is 2.83. The minimum atomic E-state index is 0.551. The lowest BCUT2D eigenvalue weighted by molar-refractivity contribution is 0.709. The quantitative estimate of drug-likeness (QED) is 0.468. The summed E-state index contributed by atoms with van der Waals surface area (Å²) in [7, 11) is 0. The molecule has 3 rings (SSSR count). The summed E-state index contributed by atoms with van der Waals surface area (Å²) in [4.78, 5) is 0.551. The van der Waals surface area contributed by atoms with Crippen LogP contribution in [0.25, 0.3) is 10.8 Å². The second-order valence-corrected chi connectivity index (χ2v) is 5.67. The Kier molecular flexibility index (Phi) is 2.72. The van der Waals surface area contributed by atoms with Crippen molar-refractivity contribution in [1.82, 2.24) is 0 Å². The van der Waals surface area contributed by atoms with Gasteiger partial charge >= 0.3 is 0 Å². The van der Waals surface area contributed by atoms with Crippen molar-refractivity contribution < 1.29 is 0 Å². The van der Waals surface area contributed by atoms with Crippen LogP contribution in [0.3, 0.4) is 0 Å². The average molecular weight is 275 g/mol. The summed E-state index contributed by atoms with van der Waals surface area (Å²) in [5.41, 5.74) is 3.08. The van der Waals surface area contributed by atoms with Gasteiger partial charge in [0.25, 0.3) is 0 Å². The van der Waals surface area contributed by atoms with E-state index in [9.17, 15) is 0 Å². The molecule has 82 valence electrons. The van der Waals surface area contributed by atoms with Crippen LogP contribution in [0.5, 0.6) is 0 Å². The highest BCUT2D eigenvalue weighted by Crippen LogP contribution is 2.37. The highest BCUT2D eigenvalue weighted by atomic mass is 79.9. The minimum absolute atomic E-state index is 0.551. The zero-order valence-electron chi connectivity index (χ0n) is 9.25. The van der Waals surface area contributed by atoms with Crippen LogP contribution < -0.4 is 0 Å². The van der Waals surface area contributed by atoms with Crippen LogP contribution in [0.15, 0.2) is 36.4 Å². The zero-order valence-corrected chi connectivity index (χ0v) is 10.8. The number of alkyl halides is 1. The lowest BCUT2D eigenvalue weighted by atomic mass is 9.96. The molecule has 2 aromatic carbocycles. The Morgan fingerprint density at radius 1 is 1.00 bits per heavy atom. The summed E-state index contributed by atoms with van der Waals surface area (Å²) in [6.45, 7) is 0. The van der Waals surface area contributed by atoms with Crippen LogP contribution in [-0.4, -0.2) is 0 Å². The molecule has 2 aromatic rings. The number of aryl methyl sites for hydroxylation is 1. The number of benzene rings is 2. The first-order valence-corrected chi connectivity index (χ1v) is 6.92. The van der Waals surface area contributed by atoms with E-state index < -0.39 is 0 Å². The second-order valence-electron chi connectivity index (χ2n) is 4.57. The Morgan fingerprint density at radius 2 is 1.88 bits per heavy atom. The van der Waals surface area contributed by atoms with E-state index in [0.29, 0.717) is 4.83 Å². The summed E-state index contributed by atoms with van der Waals surface area (Å²) in [6.07, 6.45) is 5.16. The van der Waals surface area contributed by atoms with Gasteiger partial charge in [-0.15, -0.1) is 0 Å². The highest BCUT2D eigenvalue weighted by Gasteiger charge is 2.17. The van der Waals surface area contributed by atoms with E-state index in [1.165, 1.54) is 42.0 Å². The molecule has 0 aliphatic heterocycles. The van der Waals surface area contributed by atoms with E-state index in [0.717, 1.165) is 0 Å². The Morgan fingerprint density at radius 3 is 2.81 bits per heavy atom. The number of halogens is 1. The van der Waals surface area contributed by atoms with E-state index in [-0.39, 0.29) is 0 Å². The first kappa shape index (κ1) is 10.3. The number of hydrogen-bond acceptors (Lipinski definition) is 0. The molecule has 0 saturated heterocycles. The molecule has 0 fully saturated rings. The molecule has 0 aromatic heterocycles. The SMILES string of the molecule is BrC1CCCCc2c1ccc1ccccc21. The molecule has 0 amide bonds. The monoisotopic (exact) mass is 274 g/mol. The molecule has 0 N–H and O–H groups in total. The van der Waals surface area contributed by atoms with Gasteiger partial charge in [-0.25, -0.2) is 0 Å². The maximum absolute atomic E-state index is 3.82. The molecular formula is C15H15Br. The Balaban J connectivity index is 2.28. The molecular weight excluding hydrogens is 260 g/mol. The fourth-order valence-corrected chi connectivity index (χ4v) is 3.46. The van der Waals surface area contributed by atoms with Crippen molar-refractivity contribution >= 4 is 26.7 Å². The molecule has 1 unspecified atom stereocenters. The third-order valence-corrected chi connectivity index (χ3v) is 4.50. The smallest absolute Gasteiger partial charge is 0.0398 e. The number of rotatable bonds is 0. The van der Waals surface area contributed by atoms with Crippen LogP contribution in [0, 0.1) is 0 Å². The van der Waals surface area contributed by atoms with Crippen LogP contribution in [0.2, 0.25) is 0 Å². The first-order chi connectivity index (χ1) is 7.86. The molecule has 0 radical (unpaired) electrons. The van der Waals surface area contributed by atoms with Gasteiger partial charge in [0.2, 0.25) is 0 Å². The van der Waals surface area contributed by atoms with Gasteiger partial charge in [-0.05, 0) is 41.2 Å². The summed E-state index contributed by atoms with van der Waals surface area (Å²) >= 11 is 3.82. The second kappa shape index (κ2) is 4.21. The van der Waals surface area contributed by atoms with Crippen molar-refractivity contribution in [1.29, 1.82) is 0 Å². The van der Waals surface area contributed by atoms with E-state index in [4.69, 9.17) is 0 Å². The normalized spacial score (nSPS) is 20.4. The standard InChI is InChI=1S/C15H15Br/c16-15-8-4-3-7-13-12-6-2-1-5-11(12)9-10-14(13)15/h1-2,5-6,9-10,15H,3-4,7-8H2. The van der Waals surface area contributed by atoms with Gasteiger partial charge in [0, 0.05) is 4.83 Å². The fraction of sp³-hybridized carbons (Fsp3) is 0.333. The van der Waals surface area contributed by atoms with Gasteiger partial charge in [0.05, 0.1) is 0 Å². The predicted octanol–water partition coefficient (Wildman–Crippen LogP) is 5.00. The molecule has 1 aliphatic rings. The van der Waals surface area contributed by atoms with Crippen molar-refractivity contribution in [2.24, 2.45) is 0 Å². The molecule has 0 saturated carbocycles. The van der Waals surface area contributed by atoms with Crippen molar-refractivity contribution in [3.8, 4) is 0 Å². The van der Waals surface area contributed by atoms with E-state index >= 15 is 0 Å². The first-order valence-electron chi connectivity index (χ1n) is 6.01. The Bertz CT molecular complexity index is 516. The van der Waals surface area contributed by atoms with Crippen molar-refractivity contribution in [3.05, 3.63) is 47.5 Å². The molecule has 1 heteroatoms. The van der Waals surface area contributed by atoms with E-state index in [1.54, 1.807) is 5.56 Å². The van der Waals surface area contributed by atoms with E-state index in [2.05, 4.69) is 52.3 Å². The fourth-order valence-electron chi connectivity index (χ4n) is 2.71. The van der Waals surface area contributed by atoms with Gasteiger partial charge in [0.15, 0.2) is 0 Å². The third-order valence-electron chi connectivity index (χ3n) is 3.55. The zero-order chi connectivity index (χ0) is 11.0. The summed E-state index contributed by atoms with van der Waals surface area (Å²) < 4.78 is 0. The molecule has 1 aliphatic carbocycles. The summed E-state index contributed by atoms with van der Waals surface area (Å²) in [5.74, 6) is 0. The third kappa shape index (κ3) is 1.67. The number of fused-ring (bicyclic) bond motifs is 3. The van der Waals surface area contributed by atoms with E-state index in [1.807, 2.05) is 0 Å². The molecule has 0 bridgehead atoms. The minimum Gasteiger partial charge on any atom is -0.0839 e. The van der Waals surface area contributed by atoms with Crippen molar-refractivity contribution in [2.75, 3.05) is 0 Å². The van der Waals surface area contributed by atoms with Gasteiger partial charge < -0.3 is 0 Å². The Hall–Kier alpha value is -0.820. The number of hydrogen-bond donors (Lipinski definition) is 0. The topological polar surface area (TPSA) is 0 Å². The molecule has 0 nitrogen and oxygen atoms in total. The Labute approximate surface area is 105 Å². The molecule has 0 spiro atoms. The van der Waals surface area contributed by atoms with Gasteiger partial charge in [0.1, 0.15) is 0 Å². The largest absolute Gasteiger partial charge is 0.0839 e. The van der Waals surface area contributed by atoms with Crippen LogP contribution >= 0.6 is 15.9 Å². The van der Waals surface area contributed by atoms with Gasteiger partial charge in [-0.3, -0.25) is 0 Å². The van der Waals surface area contributed by atoms with Gasteiger partial charge in [-0.1, -0.05) is 58.7 Å². The van der Waals surface area contributed by atoms with Gasteiger partial charge in [-0.2, -0.15) is 0 Å². The maximum atomic E-state index is 3.82. The average Bonchev–Trinajstić information content (AvgIpc) is 2.52.